The number of ether oxygens (including phenoxy) is 1. The van der Waals surface area contributed by atoms with Gasteiger partial charge in [-0.2, -0.15) is 0 Å². The Morgan fingerprint density at radius 3 is 1.93 bits per heavy atom. The van der Waals surface area contributed by atoms with Crippen LogP contribution in [0, 0.1) is 0 Å². The van der Waals surface area contributed by atoms with Gasteiger partial charge in [-0.3, -0.25) is 0 Å². The highest BCUT2D eigenvalue weighted by molar-refractivity contribution is 5.64. The standard InChI is InChI=1S/C11H14O.C2H6/c1-9(10(2)12-3)11-7-5-4-6-8-11;1-2/h4-8H,1-3H3;1-2H3/b10-9+;. The molecule has 0 spiro atoms. The van der Waals surface area contributed by atoms with Crippen LogP contribution in [0.2, 0.25) is 0 Å². The highest BCUT2D eigenvalue weighted by Gasteiger charge is 1.98. The summed E-state index contributed by atoms with van der Waals surface area (Å²) in [5, 5.41) is 0. The molecule has 0 aromatic heterocycles. The minimum atomic E-state index is 0.973. The quantitative estimate of drug-likeness (QED) is 0.641. The zero-order valence-electron chi connectivity index (χ0n) is 9.79. The van der Waals surface area contributed by atoms with E-state index in [1.807, 2.05) is 39.0 Å². The molecule has 0 bridgehead atoms. The fourth-order valence-corrected chi connectivity index (χ4v) is 1.04. The Bertz CT molecular complexity index is 273. The predicted molar refractivity (Wildman–Crippen MR) is 63.1 cm³/mol. The van der Waals surface area contributed by atoms with Crippen LogP contribution in [0.15, 0.2) is 36.1 Å². The van der Waals surface area contributed by atoms with E-state index < -0.39 is 0 Å². The van der Waals surface area contributed by atoms with E-state index in [0.29, 0.717) is 0 Å². The van der Waals surface area contributed by atoms with E-state index in [9.17, 15) is 0 Å². The monoisotopic (exact) mass is 192 g/mol. The Labute approximate surface area is 87.4 Å². The van der Waals surface area contributed by atoms with E-state index >= 15 is 0 Å². The predicted octanol–water partition coefficient (Wildman–Crippen LogP) is 4.11. The molecule has 0 saturated heterocycles. The Morgan fingerprint density at radius 1 is 1.00 bits per heavy atom. The molecule has 0 aliphatic carbocycles. The average molecular weight is 192 g/mol. The van der Waals surface area contributed by atoms with Gasteiger partial charge < -0.3 is 4.74 Å². The maximum Gasteiger partial charge on any atom is 0.0959 e. The van der Waals surface area contributed by atoms with E-state index in [2.05, 4.69) is 19.1 Å². The second-order valence-electron chi connectivity index (χ2n) is 2.75. The molecule has 1 aromatic carbocycles. The van der Waals surface area contributed by atoms with Gasteiger partial charge >= 0.3 is 0 Å². The summed E-state index contributed by atoms with van der Waals surface area (Å²) in [6.45, 7) is 8.04. The first-order chi connectivity index (χ1) is 6.75. The molecule has 0 fully saturated rings. The topological polar surface area (TPSA) is 9.23 Å². The zero-order valence-corrected chi connectivity index (χ0v) is 9.79. The second kappa shape index (κ2) is 7.19. The summed E-state index contributed by atoms with van der Waals surface area (Å²) in [5.41, 5.74) is 2.41. The Balaban J connectivity index is 0.000000791. The van der Waals surface area contributed by atoms with Crippen LogP contribution in [-0.2, 0) is 4.74 Å². The molecule has 0 atom stereocenters. The molecule has 1 aromatic rings. The first kappa shape index (κ1) is 12.8. The largest absolute Gasteiger partial charge is 0.501 e. The van der Waals surface area contributed by atoms with Gasteiger partial charge in [0.1, 0.15) is 0 Å². The Hall–Kier alpha value is -1.24. The maximum atomic E-state index is 5.15. The van der Waals surface area contributed by atoms with E-state index in [1.165, 1.54) is 11.1 Å². The summed E-state index contributed by atoms with van der Waals surface area (Å²) in [5.74, 6) is 0.973. The van der Waals surface area contributed by atoms with Crippen LogP contribution in [-0.4, -0.2) is 7.11 Å². The van der Waals surface area contributed by atoms with E-state index in [-0.39, 0.29) is 0 Å². The van der Waals surface area contributed by atoms with Crippen LogP contribution in [0.3, 0.4) is 0 Å². The van der Waals surface area contributed by atoms with E-state index in [4.69, 9.17) is 4.74 Å². The third kappa shape index (κ3) is 3.65. The molecule has 1 heteroatoms. The number of allylic oxidation sites excluding steroid dienone is 2. The van der Waals surface area contributed by atoms with Crippen LogP contribution in [0.5, 0.6) is 0 Å². The van der Waals surface area contributed by atoms with Crippen LogP contribution < -0.4 is 0 Å². The summed E-state index contributed by atoms with van der Waals surface area (Å²) in [6, 6.07) is 10.2. The molecule has 0 aliphatic heterocycles. The summed E-state index contributed by atoms with van der Waals surface area (Å²) in [4.78, 5) is 0. The van der Waals surface area contributed by atoms with Gasteiger partial charge in [0.2, 0.25) is 0 Å². The molecular formula is C13H20O. The highest BCUT2D eigenvalue weighted by atomic mass is 16.5. The third-order valence-corrected chi connectivity index (χ3v) is 2.04. The van der Waals surface area contributed by atoms with Gasteiger partial charge in [-0.05, 0) is 25.0 Å². The summed E-state index contributed by atoms with van der Waals surface area (Å²) >= 11 is 0. The van der Waals surface area contributed by atoms with Crippen LogP contribution in [0.4, 0.5) is 0 Å². The minimum absolute atomic E-state index is 0.973. The molecule has 0 saturated carbocycles. The lowest BCUT2D eigenvalue weighted by atomic mass is 10.1. The Morgan fingerprint density at radius 2 is 1.50 bits per heavy atom. The SMILES string of the molecule is CC.CO/C(C)=C(\C)c1ccccc1. The summed E-state index contributed by atoms with van der Waals surface area (Å²) < 4.78 is 5.15. The van der Waals surface area contributed by atoms with Crippen molar-refractivity contribution >= 4 is 5.57 Å². The van der Waals surface area contributed by atoms with Gasteiger partial charge in [0.05, 0.1) is 12.9 Å². The number of hydrogen-bond donors (Lipinski definition) is 0. The van der Waals surface area contributed by atoms with Crippen molar-refractivity contribution in [3.63, 3.8) is 0 Å². The summed E-state index contributed by atoms with van der Waals surface area (Å²) in [6.07, 6.45) is 0. The first-order valence-corrected chi connectivity index (χ1v) is 5.02. The zero-order chi connectivity index (χ0) is 11.0. The lowest BCUT2D eigenvalue weighted by Gasteiger charge is -2.05. The van der Waals surface area contributed by atoms with Gasteiger partial charge in [0, 0.05) is 0 Å². The Kier molecular flexibility index (Phi) is 6.55. The van der Waals surface area contributed by atoms with Gasteiger partial charge in [-0.15, -0.1) is 0 Å². The van der Waals surface area contributed by atoms with Gasteiger partial charge in [0.25, 0.3) is 0 Å². The third-order valence-electron chi connectivity index (χ3n) is 2.04. The van der Waals surface area contributed by atoms with Gasteiger partial charge in [-0.25, -0.2) is 0 Å². The fraction of sp³-hybridized carbons (Fsp3) is 0.385. The number of benzene rings is 1. The molecule has 0 unspecified atom stereocenters. The number of rotatable bonds is 2. The molecule has 0 heterocycles. The van der Waals surface area contributed by atoms with Gasteiger partial charge in [-0.1, -0.05) is 44.2 Å². The smallest absolute Gasteiger partial charge is 0.0959 e. The normalized spacial score (nSPS) is 10.9. The molecule has 1 rings (SSSR count). The highest BCUT2D eigenvalue weighted by Crippen LogP contribution is 2.17. The maximum absolute atomic E-state index is 5.15. The van der Waals surface area contributed by atoms with E-state index in [0.717, 1.165) is 5.76 Å². The van der Waals surface area contributed by atoms with Crippen molar-refractivity contribution in [2.24, 2.45) is 0 Å². The van der Waals surface area contributed by atoms with Crippen LogP contribution in [0.25, 0.3) is 5.57 Å². The molecular weight excluding hydrogens is 172 g/mol. The molecule has 0 radical (unpaired) electrons. The molecule has 14 heavy (non-hydrogen) atoms. The first-order valence-electron chi connectivity index (χ1n) is 5.02. The van der Waals surface area contributed by atoms with Gasteiger partial charge in [0.15, 0.2) is 0 Å². The molecule has 0 aliphatic rings. The molecule has 0 amide bonds. The van der Waals surface area contributed by atoms with Crippen molar-refractivity contribution in [2.45, 2.75) is 27.7 Å². The lowest BCUT2D eigenvalue weighted by molar-refractivity contribution is 0.295. The fourth-order valence-electron chi connectivity index (χ4n) is 1.04. The van der Waals surface area contributed by atoms with Crippen molar-refractivity contribution in [3.05, 3.63) is 41.7 Å². The second-order valence-corrected chi connectivity index (χ2v) is 2.75. The molecule has 1 nitrogen and oxygen atoms in total. The van der Waals surface area contributed by atoms with Crippen LogP contribution in [0.1, 0.15) is 33.3 Å². The number of methoxy groups -OCH3 is 1. The molecule has 78 valence electrons. The van der Waals surface area contributed by atoms with Crippen molar-refractivity contribution in [3.8, 4) is 0 Å². The minimum Gasteiger partial charge on any atom is -0.501 e. The van der Waals surface area contributed by atoms with Crippen molar-refractivity contribution < 1.29 is 4.74 Å². The van der Waals surface area contributed by atoms with Crippen molar-refractivity contribution in [1.82, 2.24) is 0 Å². The number of hydrogen-bond acceptors (Lipinski definition) is 1. The lowest BCUT2D eigenvalue weighted by Crippen LogP contribution is -1.86. The van der Waals surface area contributed by atoms with Crippen LogP contribution >= 0.6 is 0 Å². The summed E-state index contributed by atoms with van der Waals surface area (Å²) in [7, 11) is 1.70. The van der Waals surface area contributed by atoms with Crippen molar-refractivity contribution in [2.75, 3.05) is 7.11 Å². The average Bonchev–Trinajstić information content (AvgIpc) is 2.31. The van der Waals surface area contributed by atoms with Crippen molar-refractivity contribution in [1.29, 1.82) is 0 Å². The molecule has 0 N–H and O–H groups in total. The van der Waals surface area contributed by atoms with E-state index in [1.54, 1.807) is 7.11 Å².